The maximum atomic E-state index is 10.5. The van der Waals surface area contributed by atoms with Crippen molar-refractivity contribution in [1.82, 2.24) is 10.9 Å². The van der Waals surface area contributed by atoms with Gasteiger partial charge in [0, 0.05) is 7.05 Å². The van der Waals surface area contributed by atoms with Crippen molar-refractivity contribution in [3.05, 3.63) is 0 Å². The van der Waals surface area contributed by atoms with Gasteiger partial charge in [-0.3, -0.25) is 5.43 Å². The van der Waals surface area contributed by atoms with Crippen LogP contribution in [0.2, 0.25) is 0 Å². The molecule has 0 aromatic rings. The van der Waals surface area contributed by atoms with E-state index in [1.807, 2.05) is 0 Å². The van der Waals surface area contributed by atoms with E-state index in [-0.39, 0.29) is 6.10 Å². The third-order valence-corrected chi connectivity index (χ3v) is 0.570. The predicted molar refractivity (Wildman–Crippen MR) is 33.8 cm³/mol. The quantitative estimate of drug-likeness (QED) is 0.530. The van der Waals surface area contributed by atoms with Crippen molar-refractivity contribution in [2.45, 2.75) is 20.0 Å². The molecule has 54 valence electrons. The number of carbonyl (C=O) groups is 1. The van der Waals surface area contributed by atoms with Crippen LogP contribution in [0.4, 0.5) is 4.79 Å². The minimum atomic E-state index is -0.451. The smallest absolute Gasteiger partial charge is 0.421 e. The standard InChI is InChI=1S/C5H12N2O2/c1-4(2)9-5(8)7-6-3/h4,6H,1-3H3,(H,7,8). The van der Waals surface area contributed by atoms with Crippen LogP contribution in [0, 0.1) is 0 Å². The Morgan fingerprint density at radius 3 is 2.44 bits per heavy atom. The van der Waals surface area contributed by atoms with Gasteiger partial charge in [-0.2, -0.15) is 0 Å². The highest BCUT2D eigenvalue weighted by Crippen LogP contribution is 1.85. The van der Waals surface area contributed by atoms with Crippen LogP contribution in [0.5, 0.6) is 0 Å². The molecule has 9 heavy (non-hydrogen) atoms. The zero-order valence-corrected chi connectivity index (χ0v) is 5.89. The lowest BCUT2D eigenvalue weighted by Crippen LogP contribution is -2.35. The molecule has 1 amide bonds. The molecule has 0 bridgehead atoms. The van der Waals surface area contributed by atoms with E-state index in [2.05, 4.69) is 15.6 Å². The second-order valence-electron chi connectivity index (χ2n) is 1.83. The average Bonchev–Trinajstić information content (AvgIpc) is 1.63. The first-order chi connectivity index (χ1) is 4.16. The third kappa shape index (κ3) is 5.10. The Labute approximate surface area is 54.5 Å². The molecule has 4 heteroatoms. The van der Waals surface area contributed by atoms with Crippen LogP contribution in [0.1, 0.15) is 13.8 Å². The highest BCUT2D eigenvalue weighted by molar-refractivity contribution is 5.66. The molecule has 4 nitrogen and oxygen atoms in total. The van der Waals surface area contributed by atoms with Gasteiger partial charge in [0.05, 0.1) is 6.10 Å². The summed E-state index contributed by atoms with van der Waals surface area (Å²) in [4.78, 5) is 10.5. The van der Waals surface area contributed by atoms with E-state index in [1.54, 1.807) is 20.9 Å². The lowest BCUT2D eigenvalue weighted by molar-refractivity contribution is 0.112. The van der Waals surface area contributed by atoms with Gasteiger partial charge in [-0.15, -0.1) is 0 Å². The van der Waals surface area contributed by atoms with E-state index >= 15 is 0 Å². The number of rotatable bonds is 2. The third-order valence-electron chi connectivity index (χ3n) is 0.570. The number of carbonyl (C=O) groups excluding carboxylic acids is 1. The van der Waals surface area contributed by atoms with E-state index in [1.165, 1.54) is 0 Å². The molecular weight excluding hydrogens is 120 g/mol. The summed E-state index contributed by atoms with van der Waals surface area (Å²) in [6.07, 6.45) is -0.522. The maximum absolute atomic E-state index is 10.5. The number of hydrogen-bond acceptors (Lipinski definition) is 3. The molecule has 0 aromatic carbocycles. The van der Waals surface area contributed by atoms with Gasteiger partial charge in [0.1, 0.15) is 0 Å². The highest BCUT2D eigenvalue weighted by atomic mass is 16.6. The molecule has 0 aliphatic carbocycles. The molecular formula is C5H12N2O2. The molecule has 0 aliphatic rings. The van der Waals surface area contributed by atoms with Gasteiger partial charge < -0.3 is 4.74 Å². The van der Waals surface area contributed by atoms with Gasteiger partial charge in [-0.1, -0.05) is 0 Å². The molecule has 0 atom stereocenters. The maximum Gasteiger partial charge on any atom is 0.421 e. The summed E-state index contributed by atoms with van der Waals surface area (Å²) in [6.45, 7) is 3.57. The molecule has 0 heterocycles. The van der Waals surface area contributed by atoms with Crippen LogP contribution in [0.15, 0.2) is 0 Å². The van der Waals surface area contributed by atoms with Crippen LogP contribution in [-0.4, -0.2) is 19.2 Å². The monoisotopic (exact) mass is 132 g/mol. The van der Waals surface area contributed by atoms with Crippen molar-refractivity contribution in [3.63, 3.8) is 0 Å². The minimum Gasteiger partial charge on any atom is -0.446 e. The van der Waals surface area contributed by atoms with Gasteiger partial charge in [-0.25, -0.2) is 10.2 Å². The Morgan fingerprint density at radius 1 is 1.56 bits per heavy atom. The number of amides is 1. The fourth-order valence-electron chi connectivity index (χ4n) is 0.346. The lowest BCUT2D eigenvalue weighted by atomic mass is 10.5. The van der Waals surface area contributed by atoms with Crippen LogP contribution >= 0.6 is 0 Å². The van der Waals surface area contributed by atoms with E-state index < -0.39 is 6.09 Å². The van der Waals surface area contributed by atoms with Gasteiger partial charge in [0.2, 0.25) is 0 Å². The summed E-state index contributed by atoms with van der Waals surface area (Å²) in [6, 6.07) is 0. The Balaban J connectivity index is 3.27. The summed E-state index contributed by atoms with van der Waals surface area (Å²) >= 11 is 0. The number of hydrogen-bond donors (Lipinski definition) is 2. The van der Waals surface area contributed by atoms with Crippen LogP contribution in [0.25, 0.3) is 0 Å². The van der Waals surface area contributed by atoms with Crippen LogP contribution in [-0.2, 0) is 4.74 Å². The topological polar surface area (TPSA) is 50.4 Å². The van der Waals surface area contributed by atoms with Gasteiger partial charge in [0.15, 0.2) is 0 Å². The second-order valence-corrected chi connectivity index (χ2v) is 1.83. The number of hydrazine groups is 1. The molecule has 0 saturated heterocycles. The first kappa shape index (κ1) is 8.23. The fraction of sp³-hybridized carbons (Fsp3) is 0.800. The lowest BCUT2D eigenvalue weighted by Gasteiger charge is -2.07. The Morgan fingerprint density at radius 2 is 2.11 bits per heavy atom. The predicted octanol–water partition coefficient (Wildman–Crippen LogP) is 0.255. The minimum absolute atomic E-state index is 0.0710. The molecule has 0 spiro atoms. The van der Waals surface area contributed by atoms with Crippen molar-refractivity contribution >= 4 is 6.09 Å². The molecule has 2 N–H and O–H groups in total. The van der Waals surface area contributed by atoms with E-state index in [9.17, 15) is 4.79 Å². The van der Waals surface area contributed by atoms with Gasteiger partial charge in [0.25, 0.3) is 0 Å². The molecule has 0 saturated carbocycles. The Bertz CT molecular complexity index is 93.0. The fourth-order valence-corrected chi connectivity index (χ4v) is 0.346. The first-order valence-corrected chi connectivity index (χ1v) is 2.80. The highest BCUT2D eigenvalue weighted by Gasteiger charge is 2.00. The SMILES string of the molecule is CNNC(=O)OC(C)C. The van der Waals surface area contributed by atoms with Crippen LogP contribution in [0.3, 0.4) is 0 Å². The Hall–Kier alpha value is -0.770. The molecule has 0 aliphatic heterocycles. The summed E-state index contributed by atoms with van der Waals surface area (Å²) in [5, 5.41) is 0. The summed E-state index contributed by atoms with van der Waals surface area (Å²) in [7, 11) is 1.60. The Kier molecular flexibility index (Phi) is 3.79. The van der Waals surface area contributed by atoms with E-state index in [4.69, 9.17) is 0 Å². The van der Waals surface area contributed by atoms with E-state index in [0.717, 1.165) is 0 Å². The van der Waals surface area contributed by atoms with Crippen molar-refractivity contribution in [1.29, 1.82) is 0 Å². The average molecular weight is 132 g/mol. The summed E-state index contributed by atoms with van der Waals surface area (Å²) < 4.78 is 4.68. The van der Waals surface area contributed by atoms with Gasteiger partial charge in [-0.05, 0) is 13.8 Å². The summed E-state index contributed by atoms with van der Waals surface area (Å²) in [5.74, 6) is 0. The zero-order valence-electron chi connectivity index (χ0n) is 5.89. The van der Waals surface area contributed by atoms with Crippen molar-refractivity contribution in [3.8, 4) is 0 Å². The van der Waals surface area contributed by atoms with Crippen molar-refractivity contribution in [2.24, 2.45) is 0 Å². The molecule has 0 fully saturated rings. The second kappa shape index (κ2) is 4.14. The van der Waals surface area contributed by atoms with Crippen LogP contribution < -0.4 is 10.9 Å². The number of ether oxygens (including phenoxy) is 1. The van der Waals surface area contributed by atoms with E-state index in [0.29, 0.717) is 0 Å². The number of nitrogens with one attached hydrogen (secondary N) is 2. The first-order valence-electron chi connectivity index (χ1n) is 2.80. The normalized spacial score (nSPS) is 9.33. The molecule has 0 radical (unpaired) electrons. The van der Waals surface area contributed by atoms with Crippen molar-refractivity contribution < 1.29 is 9.53 Å². The molecule has 0 unspecified atom stereocenters. The molecule has 0 aromatic heterocycles. The van der Waals surface area contributed by atoms with Gasteiger partial charge >= 0.3 is 6.09 Å². The zero-order chi connectivity index (χ0) is 7.28. The largest absolute Gasteiger partial charge is 0.446 e. The van der Waals surface area contributed by atoms with Crippen molar-refractivity contribution in [2.75, 3.05) is 7.05 Å². The molecule has 0 rings (SSSR count). The summed E-state index contributed by atoms with van der Waals surface area (Å²) in [5.41, 5.74) is 4.71.